The molecule has 0 amide bonds. The van der Waals surface area contributed by atoms with E-state index in [2.05, 4.69) is 6.58 Å². The number of hydrogen-bond acceptors (Lipinski definition) is 7. The molecule has 12 heteroatoms. The van der Waals surface area contributed by atoms with Crippen LogP contribution >= 0.6 is 0 Å². The van der Waals surface area contributed by atoms with E-state index in [0.29, 0.717) is 28.8 Å². The second-order valence-corrected chi connectivity index (χ2v) is 7.95. The van der Waals surface area contributed by atoms with Crippen LogP contribution in [0.25, 0.3) is 11.6 Å². The van der Waals surface area contributed by atoms with Crippen LogP contribution in [0, 0.1) is 31.6 Å². The van der Waals surface area contributed by atoms with E-state index in [9.17, 15) is 38.7 Å². The molecule has 3 aromatic rings. The highest BCUT2D eigenvalue weighted by molar-refractivity contribution is 5.90. The van der Waals surface area contributed by atoms with Crippen molar-refractivity contribution in [2.75, 3.05) is 6.61 Å². The molecule has 0 saturated heterocycles. The molecule has 0 spiro atoms. The Morgan fingerprint density at radius 2 is 1.74 bits per heavy atom. The minimum absolute atomic E-state index is 0.0330. The molecule has 0 unspecified atom stereocenters. The van der Waals surface area contributed by atoms with Gasteiger partial charge in [0.05, 0.1) is 33.7 Å². The van der Waals surface area contributed by atoms with Crippen molar-refractivity contribution in [3.05, 3.63) is 110 Å². The summed E-state index contributed by atoms with van der Waals surface area (Å²) in [4.78, 5) is 20.9. The average molecular weight is 539 g/mol. The number of nitro groups is 2. The number of nitro benzene ring substituents is 2. The molecule has 3 rings (SSSR count). The third-order valence-electron chi connectivity index (χ3n) is 5.33. The lowest BCUT2D eigenvalue weighted by Crippen LogP contribution is -2.06. The van der Waals surface area contributed by atoms with Gasteiger partial charge in [-0.3, -0.25) is 20.2 Å². The summed E-state index contributed by atoms with van der Waals surface area (Å²) in [6, 6.07) is 12.5. The molecule has 0 fully saturated rings. The van der Waals surface area contributed by atoms with Crippen LogP contribution in [0.4, 0.5) is 24.5 Å². The van der Waals surface area contributed by atoms with E-state index in [1.54, 1.807) is 13.0 Å². The normalized spacial score (nSPS) is 11.4. The van der Waals surface area contributed by atoms with Crippen LogP contribution in [0.1, 0.15) is 29.2 Å². The highest BCUT2D eigenvalue weighted by Crippen LogP contribution is 2.42. The van der Waals surface area contributed by atoms with Gasteiger partial charge < -0.3 is 9.47 Å². The molecular weight excluding hydrogens is 519 g/mol. The standard InChI is InChI=1S/C27H20F3N3O6/c1-3-5-19-12-17(13-20(16-31)18-6-9-22(10-7-18)32(34)35)14-25(38-4-2)26(19)39-24-11-8-21(27(28,29)30)15-23(24)33(36)37/h3,6-15H,1,4-5H2,2H3/b20-13+. The maximum absolute atomic E-state index is 13.1. The molecule has 0 aromatic heterocycles. The van der Waals surface area contributed by atoms with E-state index < -0.39 is 33.0 Å². The van der Waals surface area contributed by atoms with Crippen LogP contribution in [0.5, 0.6) is 17.2 Å². The first-order chi connectivity index (χ1) is 18.5. The van der Waals surface area contributed by atoms with Crippen molar-refractivity contribution in [2.24, 2.45) is 0 Å². The van der Waals surface area contributed by atoms with Gasteiger partial charge in [-0.15, -0.1) is 6.58 Å². The van der Waals surface area contributed by atoms with Crippen molar-refractivity contribution in [3.8, 4) is 23.3 Å². The first-order valence-corrected chi connectivity index (χ1v) is 11.3. The number of rotatable bonds is 10. The lowest BCUT2D eigenvalue weighted by Gasteiger charge is -2.17. The van der Waals surface area contributed by atoms with Crippen LogP contribution in [0.2, 0.25) is 0 Å². The maximum Gasteiger partial charge on any atom is 0.416 e. The largest absolute Gasteiger partial charge is 0.490 e. The predicted octanol–water partition coefficient (Wildman–Crippen LogP) is 7.51. The Bertz CT molecular complexity index is 1490. The van der Waals surface area contributed by atoms with Gasteiger partial charge in [0.15, 0.2) is 11.5 Å². The first kappa shape index (κ1) is 28.4. The number of allylic oxidation sites excluding steroid dienone is 2. The maximum atomic E-state index is 13.1. The summed E-state index contributed by atoms with van der Waals surface area (Å²) in [6.45, 7) is 5.52. The summed E-state index contributed by atoms with van der Waals surface area (Å²) in [6.07, 6.45) is -1.57. The van der Waals surface area contributed by atoms with Crippen molar-refractivity contribution < 1.29 is 32.5 Å². The number of nitrogens with zero attached hydrogens (tertiary/aromatic N) is 3. The summed E-state index contributed by atoms with van der Waals surface area (Å²) in [5.74, 6) is -0.268. The van der Waals surface area contributed by atoms with E-state index in [1.807, 2.05) is 6.07 Å². The van der Waals surface area contributed by atoms with E-state index in [4.69, 9.17) is 9.47 Å². The Morgan fingerprint density at radius 3 is 2.28 bits per heavy atom. The van der Waals surface area contributed by atoms with Crippen molar-refractivity contribution in [1.82, 2.24) is 0 Å². The highest BCUT2D eigenvalue weighted by atomic mass is 19.4. The average Bonchev–Trinajstić information content (AvgIpc) is 2.88. The fourth-order valence-electron chi connectivity index (χ4n) is 3.59. The number of halogens is 3. The number of alkyl halides is 3. The molecule has 3 aromatic carbocycles. The van der Waals surface area contributed by atoms with Crippen molar-refractivity contribution in [1.29, 1.82) is 5.26 Å². The predicted molar refractivity (Wildman–Crippen MR) is 136 cm³/mol. The molecule has 0 radical (unpaired) electrons. The van der Waals surface area contributed by atoms with E-state index in [-0.39, 0.29) is 35.8 Å². The summed E-state index contributed by atoms with van der Waals surface area (Å²) in [7, 11) is 0. The summed E-state index contributed by atoms with van der Waals surface area (Å²) in [5, 5.41) is 32.2. The Kier molecular flexibility index (Phi) is 8.67. The lowest BCUT2D eigenvalue weighted by atomic mass is 10.0. The van der Waals surface area contributed by atoms with Crippen molar-refractivity contribution >= 4 is 23.0 Å². The molecule has 0 heterocycles. The summed E-state index contributed by atoms with van der Waals surface area (Å²) >= 11 is 0. The van der Waals surface area contributed by atoms with Crippen LogP contribution in [0.3, 0.4) is 0 Å². The van der Waals surface area contributed by atoms with Gasteiger partial charge in [-0.1, -0.05) is 6.08 Å². The van der Waals surface area contributed by atoms with Gasteiger partial charge in [0, 0.05) is 23.8 Å². The monoisotopic (exact) mass is 539 g/mol. The Morgan fingerprint density at radius 1 is 1.05 bits per heavy atom. The molecule has 0 saturated carbocycles. The van der Waals surface area contributed by atoms with Gasteiger partial charge >= 0.3 is 11.9 Å². The van der Waals surface area contributed by atoms with Crippen LogP contribution in [0.15, 0.2) is 67.3 Å². The fourth-order valence-corrected chi connectivity index (χ4v) is 3.59. The van der Waals surface area contributed by atoms with Crippen LogP contribution in [-0.2, 0) is 12.6 Å². The van der Waals surface area contributed by atoms with Crippen molar-refractivity contribution in [2.45, 2.75) is 19.5 Å². The SMILES string of the molecule is C=CCc1cc(/C=C(\C#N)c2ccc([N+](=O)[O-])cc2)cc(OCC)c1Oc1ccc(C(F)(F)F)cc1[N+](=O)[O-]. The third-order valence-corrected chi connectivity index (χ3v) is 5.33. The molecule has 39 heavy (non-hydrogen) atoms. The number of benzene rings is 3. The molecule has 9 nitrogen and oxygen atoms in total. The van der Waals surface area contributed by atoms with Gasteiger partial charge in [-0.05, 0) is 66.9 Å². The summed E-state index contributed by atoms with van der Waals surface area (Å²) in [5.41, 5.74) is -0.714. The molecule has 0 atom stereocenters. The smallest absolute Gasteiger partial charge is 0.416 e. The number of hydrogen-bond donors (Lipinski definition) is 0. The number of nitriles is 1. The fraction of sp³-hybridized carbons (Fsp3) is 0.148. The zero-order valence-corrected chi connectivity index (χ0v) is 20.4. The molecular formula is C27H20F3N3O6. The van der Waals surface area contributed by atoms with E-state index in [1.165, 1.54) is 42.5 Å². The Hall–Kier alpha value is -5.18. The minimum atomic E-state index is -4.79. The van der Waals surface area contributed by atoms with Gasteiger partial charge in [0.25, 0.3) is 5.69 Å². The van der Waals surface area contributed by atoms with Crippen molar-refractivity contribution in [3.63, 3.8) is 0 Å². The minimum Gasteiger partial charge on any atom is -0.490 e. The van der Waals surface area contributed by atoms with Gasteiger partial charge in [0.2, 0.25) is 5.75 Å². The van der Waals surface area contributed by atoms with Gasteiger partial charge in [0.1, 0.15) is 0 Å². The van der Waals surface area contributed by atoms with Gasteiger partial charge in [-0.25, -0.2) is 0 Å². The third kappa shape index (κ3) is 6.78. The zero-order chi connectivity index (χ0) is 28.7. The molecule has 0 N–H and O–H groups in total. The topological polar surface area (TPSA) is 129 Å². The lowest BCUT2D eigenvalue weighted by molar-refractivity contribution is -0.385. The Labute approximate surface area is 220 Å². The van der Waals surface area contributed by atoms with Crippen LogP contribution < -0.4 is 9.47 Å². The molecule has 0 aliphatic rings. The van der Waals surface area contributed by atoms with E-state index >= 15 is 0 Å². The Balaban J connectivity index is 2.13. The molecule has 0 bridgehead atoms. The van der Waals surface area contributed by atoms with E-state index in [0.717, 1.165) is 6.07 Å². The quantitative estimate of drug-likeness (QED) is 0.0857. The number of ether oxygens (including phenoxy) is 2. The first-order valence-electron chi connectivity index (χ1n) is 11.3. The molecule has 0 aliphatic carbocycles. The zero-order valence-electron chi connectivity index (χ0n) is 20.4. The molecule has 200 valence electrons. The highest BCUT2D eigenvalue weighted by Gasteiger charge is 2.33. The summed E-state index contributed by atoms with van der Waals surface area (Å²) < 4.78 is 50.8. The second-order valence-electron chi connectivity index (χ2n) is 7.95. The number of non-ortho nitro benzene ring substituents is 1. The molecule has 0 aliphatic heterocycles. The second kappa shape index (κ2) is 11.9. The van der Waals surface area contributed by atoms with Crippen LogP contribution in [-0.4, -0.2) is 16.5 Å². The van der Waals surface area contributed by atoms with Gasteiger partial charge in [-0.2, -0.15) is 18.4 Å².